The molecule has 3 nitrogen and oxygen atoms in total. The number of aryl methyl sites for hydroxylation is 2. The van der Waals surface area contributed by atoms with Crippen molar-refractivity contribution in [3.05, 3.63) is 33.8 Å². The van der Waals surface area contributed by atoms with E-state index in [1.807, 2.05) is 20.8 Å². The zero-order valence-corrected chi connectivity index (χ0v) is 16.1. The van der Waals surface area contributed by atoms with Gasteiger partial charge in [0.1, 0.15) is 5.60 Å². The molecular weight excluding hydrogens is 366 g/mol. The summed E-state index contributed by atoms with van der Waals surface area (Å²) in [7, 11) is 0. The van der Waals surface area contributed by atoms with Gasteiger partial charge in [0.25, 0.3) is 0 Å². The molecule has 124 valence electrons. The second-order valence-corrected chi connectivity index (χ2v) is 7.36. The van der Waals surface area contributed by atoms with E-state index < -0.39 is 5.60 Å². The molecule has 0 saturated carbocycles. The highest BCUT2D eigenvalue weighted by atomic mass is 79.9. The van der Waals surface area contributed by atoms with Crippen molar-refractivity contribution in [2.45, 2.75) is 57.9 Å². The molecule has 0 fully saturated rings. The van der Waals surface area contributed by atoms with Gasteiger partial charge in [0.15, 0.2) is 0 Å². The molecule has 1 aromatic rings. The Bertz CT molecular complexity index is 512. The average molecular weight is 391 g/mol. The van der Waals surface area contributed by atoms with Crippen LogP contribution in [0.4, 0.5) is 4.79 Å². The van der Waals surface area contributed by atoms with Gasteiger partial charge in [0.2, 0.25) is 0 Å². The van der Waals surface area contributed by atoms with E-state index in [-0.39, 0.29) is 6.09 Å². The maximum atomic E-state index is 11.5. The van der Waals surface area contributed by atoms with E-state index >= 15 is 0 Å². The summed E-state index contributed by atoms with van der Waals surface area (Å²) in [6.45, 7) is 8.30. The quantitative estimate of drug-likeness (QED) is 0.522. The molecule has 0 saturated heterocycles. The van der Waals surface area contributed by atoms with Crippen molar-refractivity contribution >= 4 is 33.6 Å². The Morgan fingerprint density at radius 3 is 2.55 bits per heavy atom. The number of halogens is 2. The van der Waals surface area contributed by atoms with Gasteiger partial charge in [0.05, 0.1) is 0 Å². The molecule has 0 atom stereocenters. The first-order valence-corrected chi connectivity index (χ1v) is 9.03. The van der Waals surface area contributed by atoms with Crippen LogP contribution >= 0.6 is 27.5 Å². The van der Waals surface area contributed by atoms with Crippen molar-refractivity contribution in [2.75, 3.05) is 6.54 Å². The highest BCUT2D eigenvalue weighted by molar-refractivity contribution is 9.08. The third-order valence-corrected chi connectivity index (χ3v) is 4.15. The number of ether oxygens (including phenoxy) is 1. The van der Waals surface area contributed by atoms with E-state index in [1.165, 1.54) is 11.1 Å². The van der Waals surface area contributed by atoms with E-state index in [4.69, 9.17) is 16.3 Å². The summed E-state index contributed by atoms with van der Waals surface area (Å²) in [5, 5.41) is 4.36. The number of nitrogens with one attached hydrogen (secondary N) is 1. The van der Waals surface area contributed by atoms with E-state index in [9.17, 15) is 4.79 Å². The van der Waals surface area contributed by atoms with E-state index in [2.05, 4.69) is 40.3 Å². The van der Waals surface area contributed by atoms with Crippen LogP contribution in [0.1, 0.15) is 50.3 Å². The van der Waals surface area contributed by atoms with Crippen molar-refractivity contribution in [2.24, 2.45) is 0 Å². The number of alkyl halides is 1. The van der Waals surface area contributed by atoms with Gasteiger partial charge in [-0.3, -0.25) is 0 Å². The molecule has 1 rings (SSSR count). The Labute approximate surface area is 146 Å². The second-order valence-electron chi connectivity index (χ2n) is 6.39. The monoisotopic (exact) mass is 389 g/mol. The van der Waals surface area contributed by atoms with Crippen molar-refractivity contribution in [1.82, 2.24) is 5.32 Å². The molecule has 0 radical (unpaired) electrons. The molecule has 1 aromatic carbocycles. The lowest BCUT2D eigenvalue weighted by molar-refractivity contribution is 0.0527. The number of carbonyl (C=O) groups is 1. The summed E-state index contributed by atoms with van der Waals surface area (Å²) in [5.74, 6) is 0. The van der Waals surface area contributed by atoms with Crippen LogP contribution in [-0.2, 0) is 16.5 Å². The first-order chi connectivity index (χ1) is 10.2. The number of benzene rings is 1. The van der Waals surface area contributed by atoms with Gasteiger partial charge >= 0.3 is 6.09 Å². The van der Waals surface area contributed by atoms with Crippen molar-refractivity contribution in [3.63, 3.8) is 0 Å². The maximum Gasteiger partial charge on any atom is 0.407 e. The second kappa shape index (κ2) is 8.78. The van der Waals surface area contributed by atoms with Crippen molar-refractivity contribution < 1.29 is 9.53 Å². The SMILES string of the molecule is Cc1cc(CBr)c(Cl)cc1CCCCNC(=O)OC(C)(C)C. The highest BCUT2D eigenvalue weighted by Gasteiger charge is 2.15. The zero-order chi connectivity index (χ0) is 16.8. The maximum absolute atomic E-state index is 11.5. The van der Waals surface area contributed by atoms with Crippen LogP contribution in [-0.4, -0.2) is 18.2 Å². The minimum atomic E-state index is -0.449. The summed E-state index contributed by atoms with van der Waals surface area (Å²) < 4.78 is 5.19. The van der Waals surface area contributed by atoms with Gasteiger partial charge in [-0.05, 0) is 69.7 Å². The van der Waals surface area contributed by atoms with Crippen molar-refractivity contribution in [1.29, 1.82) is 0 Å². The van der Waals surface area contributed by atoms with Gasteiger partial charge in [0, 0.05) is 16.9 Å². The van der Waals surface area contributed by atoms with Crippen LogP contribution in [0, 0.1) is 6.92 Å². The lowest BCUT2D eigenvalue weighted by atomic mass is 10.0. The Morgan fingerprint density at radius 2 is 1.95 bits per heavy atom. The molecule has 0 aliphatic heterocycles. The Morgan fingerprint density at radius 1 is 1.27 bits per heavy atom. The Kier molecular flexibility index (Phi) is 7.70. The van der Waals surface area contributed by atoms with Gasteiger partial charge in [-0.25, -0.2) is 4.79 Å². The summed E-state index contributed by atoms with van der Waals surface area (Å²) in [6.07, 6.45) is 2.52. The average Bonchev–Trinajstić information content (AvgIpc) is 2.39. The highest BCUT2D eigenvalue weighted by Crippen LogP contribution is 2.24. The predicted molar refractivity (Wildman–Crippen MR) is 96.0 cm³/mol. The Balaban J connectivity index is 2.34. The first-order valence-electron chi connectivity index (χ1n) is 7.53. The number of rotatable bonds is 6. The molecule has 0 spiro atoms. The molecule has 0 unspecified atom stereocenters. The number of hydrogen-bond donors (Lipinski definition) is 1. The number of alkyl carbamates (subject to hydrolysis) is 1. The van der Waals surface area contributed by atoms with Crippen LogP contribution in [0.15, 0.2) is 12.1 Å². The fourth-order valence-corrected chi connectivity index (χ4v) is 2.98. The van der Waals surface area contributed by atoms with E-state index in [0.717, 1.165) is 35.2 Å². The summed E-state index contributed by atoms with van der Waals surface area (Å²) in [4.78, 5) is 11.5. The minimum absolute atomic E-state index is 0.353. The largest absolute Gasteiger partial charge is 0.444 e. The predicted octanol–water partition coefficient (Wildman–Crippen LogP) is 5.39. The topological polar surface area (TPSA) is 38.3 Å². The van der Waals surface area contributed by atoms with Crippen LogP contribution in [0.25, 0.3) is 0 Å². The third kappa shape index (κ3) is 7.01. The summed E-state index contributed by atoms with van der Waals surface area (Å²) in [5.41, 5.74) is 3.20. The zero-order valence-electron chi connectivity index (χ0n) is 13.8. The van der Waals surface area contributed by atoms with E-state index in [0.29, 0.717) is 6.54 Å². The summed E-state index contributed by atoms with van der Waals surface area (Å²) >= 11 is 9.68. The van der Waals surface area contributed by atoms with Crippen LogP contribution < -0.4 is 5.32 Å². The van der Waals surface area contributed by atoms with Gasteiger partial charge < -0.3 is 10.1 Å². The molecule has 1 amide bonds. The smallest absolute Gasteiger partial charge is 0.407 e. The minimum Gasteiger partial charge on any atom is -0.444 e. The molecule has 1 N–H and O–H groups in total. The molecule has 0 bridgehead atoms. The standard InChI is InChI=1S/C17H25BrClNO2/c1-12-9-14(11-18)15(19)10-13(12)7-5-6-8-20-16(21)22-17(2,3)4/h9-10H,5-8,11H2,1-4H3,(H,20,21). The number of hydrogen-bond acceptors (Lipinski definition) is 2. The fourth-order valence-electron chi connectivity index (χ4n) is 2.10. The fraction of sp³-hybridized carbons (Fsp3) is 0.588. The molecule has 0 aromatic heterocycles. The number of unbranched alkanes of at least 4 members (excludes halogenated alkanes) is 1. The summed E-state index contributed by atoms with van der Waals surface area (Å²) in [6, 6.07) is 4.18. The lowest BCUT2D eigenvalue weighted by Gasteiger charge is -2.19. The van der Waals surface area contributed by atoms with E-state index in [1.54, 1.807) is 0 Å². The first kappa shape index (κ1) is 19.3. The normalized spacial score (nSPS) is 11.4. The van der Waals surface area contributed by atoms with Crippen LogP contribution in [0.5, 0.6) is 0 Å². The van der Waals surface area contributed by atoms with Gasteiger partial charge in [-0.1, -0.05) is 33.6 Å². The molecule has 0 aliphatic rings. The van der Waals surface area contributed by atoms with Gasteiger partial charge in [-0.15, -0.1) is 0 Å². The molecule has 0 heterocycles. The third-order valence-electron chi connectivity index (χ3n) is 3.19. The lowest BCUT2D eigenvalue weighted by Crippen LogP contribution is -2.33. The molecule has 0 aliphatic carbocycles. The molecule has 22 heavy (non-hydrogen) atoms. The Hall–Kier alpha value is -0.740. The van der Waals surface area contributed by atoms with Crippen molar-refractivity contribution in [3.8, 4) is 0 Å². The molecule has 5 heteroatoms. The van der Waals surface area contributed by atoms with Crippen LogP contribution in [0.3, 0.4) is 0 Å². The molecular formula is C17H25BrClNO2. The van der Waals surface area contributed by atoms with Gasteiger partial charge in [-0.2, -0.15) is 0 Å². The number of carbonyl (C=O) groups excluding carboxylic acids is 1. The van der Waals surface area contributed by atoms with Crippen LogP contribution in [0.2, 0.25) is 5.02 Å². The number of amides is 1.